The van der Waals surface area contributed by atoms with Crippen molar-refractivity contribution in [2.75, 3.05) is 40.6 Å². The predicted octanol–water partition coefficient (Wildman–Crippen LogP) is 0.820. The van der Waals surface area contributed by atoms with Crippen LogP contribution in [0.5, 0.6) is 17.2 Å². The van der Waals surface area contributed by atoms with Crippen molar-refractivity contribution in [3.05, 3.63) is 51.6 Å². The molecule has 4 N–H and O–H groups in total. The van der Waals surface area contributed by atoms with Crippen molar-refractivity contribution in [1.29, 1.82) is 0 Å². The summed E-state index contributed by atoms with van der Waals surface area (Å²) >= 11 is 0. The van der Waals surface area contributed by atoms with E-state index < -0.39 is 109 Å². The minimum atomic E-state index is -2.31. The molecular weight excluding hydrogens is 662 g/mol. The standard InChI is InChI=1S/C34H37NO15/c1-14-31-17(35-7-8-47-33(45-3)32(35)50-31)9-22(48-14)49-19-11-34(43,20(36)12-46-13-21(37)38)10-16-24(19)30(42)26-25(28(16)40)27(39)15-5-4-6-18(44-2)23(15)29(26)41/h4-6,14,17,19,22,31-33,40,42-43H,7-13H2,1-3H3,(H,37,38)/t14-,17?,19-,22-,31?,32?,33-,34-/m0/s1. The summed E-state index contributed by atoms with van der Waals surface area (Å²) in [5.41, 5.74) is -3.73. The number of carboxylic acid groups (broad SMARTS) is 1. The lowest BCUT2D eigenvalue weighted by molar-refractivity contribution is -0.256. The van der Waals surface area contributed by atoms with Gasteiger partial charge in [-0.2, -0.15) is 0 Å². The SMILES string of the molecule is COc1cccc2c1C(=O)c1c(O)c3c(c(O)c1C2=O)C[C@@](O)(C(=O)COCC(=O)O)C[C@@H]3O[C@H]1CC2C(OC3[C@@H](OC)OCCN23)[C@H](C)O1. The number of nitrogens with zero attached hydrogens (tertiary/aromatic N) is 1. The quantitative estimate of drug-likeness (QED) is 0.227. The second-order valence-corrected chi connectivity index (χ2v) is 13.0. The summed E-state index contributed by atoms with van der Waals surface area (Å²) in [6.45, 7) is 1.16. The third-order valence-corrected chi connectivity index (χ3v) is 10.2. The first-order chi connectivity index (χ1) is 23.9. The zero-order valence-corrected chi connectivity index (χ0v) is 27.5. The molecular formula is C34H37NO15. The number of aliphatic carboxylic acids is 1. The summed E-state index contributed by atoms with van der Waals surface area (Å²) in [7, 11) is 2.85. The van der Waals surface area contributed by atoms with E-state index in [1.165, 1.54) is 32.4 Å². The van der Waals surface area contributed by atoms with Gasteiger partial charge in [-0.25, -0.2) is 4.79 Å². The van der Waals surface area contributed by atoms with Gasteiger partial charge in [0.05, 0.1) is 42.6 Å². The van der Waals surface area contributed by atoms with Crippen LogP contribution in [0.25, 0.3) is 0 Å². The molecule has 0 amide bonds. The number of carbonyl (C=O) groups excluding carboxylic acids is 3. The lowest BCUT2D eigenvalue weighted by atomic mass is 9.72. The minimum Gasteiger partial charge on any atom is -0.507 e. The van der Waals surface area contributed by atoms with Gasteiger partial charge in [-0.15, -0.1) is 0 Å². The summed E-state index contributed by atoms with van der Waals surface area (Å²) in [5.74, 6) is -5.09. The zero-order chi connectivity index (χ0) is 35.6. The fraction of sp³-hybridized carbons (Fsp3) is 0.529. The van der Waals surface area contributed by atoms with Crippen molar-refractivity contribution in [3.63, 3.8) is 0 Å². The Morgan fingerprint density at radius 1 is 1.04 bits per heavy atom. The van der Waals surface area contributed by atoms with Crippen LogP contribution in [0.4, 0.5) is 0 Å². The number of methoxy groups -OCH3 is 2. The Balaban J connectivity index is 1.28. The Kier molecular flexibility index (Phi) is 8.93. The van der Waals surface area contributed by atoms with Crippen LogP contribution in [0.1, 0.15) is 68.8 Å². The van der Waals surface area contributed by atoms with E-state index in [1.807, 2.05) is 0 Å². The molecule has 8 atom stereocenters. The molecule has 0 bridgehead atoms. The summed E-state index contributed by atoms with van der Waals surface area (Å²) in [6, 6.07) is 4.17. The van der Waals surface area contributed by atoms with Crippen LogP contribution in [0, 0.1) is 0 Å². The predicted molar refractivity (Wildman–Crippen MR) is 165 cm³/mol. The van der Waals surface area contributed by atoms with E-state index in [4.69, 9.17) is 38.3 Å². The molecule has 16 heteroatoms. The highest BCUT2D eigenvalue weighted by atomic mass is 16.7. The number of hydrogen-bond donors (Lipinski definition) is 4. The highest BCUT2D eigenvalue weighted by Crippen LogP contribution is 2.53. The van der Waals surface area contributed by atoms with E-state index >= 15 is 0 Å². The maximum atomic E-state index is 14.0. The van der Waals surface area contributed by atoms with Gasteiger partial charge in [-0.3, -0.25) is 19.3 Å². The highest BCUT2D eigenvalue weighted by Gasteiger charge is 2.55. The van der Waals surface area contributed by atoms with Crippen LogP contribution < -0.4 is 4.74 Å². The van der Waals surface area contributed by atoms with Crippen LogP contribution in [0.3, 0.4) is 0 Å². The van der Waals surface area contributed by atoms with E-state index in [0.29, 0.717) is 13.2 Å². The summed E-state index contributed by atoms with van der Waals surface area (Å²) in [6.07, 6.45) is -5.20. The highest BCUT2D eigenvalue weighted by molar-refractivity contribution is 6.31. The van der Waals surface area contributed by atoms with Crippen LogP contribution >= 0.6 is 0 Å². The van der Waals surface area contributed by atoms with Crippen LogP contribution in [-0.2, 0) is 44.4 Å². The largest absolute Gasteiger partial charge is 0.507 e. The molecule has 16 nitrogen and oxygen atoms in total. The molecule has 0 spiro atoms. The van der Waals surface area contributed by atoms with E-state index in [-0.39, 0.29) is 46.6 Å². The van der Waals surface area contributed by atoms with E-state index in [0.717, 1.165) is 0 Å². The number of ketones is 3. The maximum Gasteiger partial charge on any atom is 0.329 e. The van der Waals surface area contributed by atoms with Crippen molar-refractivity contribution < 1.29 is 72.8 Å². The Bertz CT molecular complexity index is 1760. The molecule has 0 radical (unpaired) electrons. The number of aliphatic hydroxyl groups is 1. The molecule has 2 aromatic rings. The van der Waals surface area contributed by atoms with E-state index in [1.54, 1.807) is 6.92 Å². The molecule has 3 saturated heterocycles. The van der Waals surface area contributed by atoms with Crippen LogP contribution in [0.15, 0.2) is 18.2 Å². The van der Waals surface area contributed by atoms with Crippen molar-refractivity contribution in [2.24, 2.45) is 0 Å². The van der Waals surface area contributed by atoms with Gasteiger partial charge in [0.25, 0.3) is 0 Å². The van der Waals surface area contributed by atoms with Crippen LogP contribution in [-0.4, -0.2) is 132 Å². The first-order valence-electron chi connectivity index (χ1n) is 16.2. The van der Waals surface area contributed by atoms with Gasteiger partial charge >= 0.3 is 5.97 Å². The molecule has 3 fully saturated rings. The van der Waals surface area contributed by atoms with Gasteiger partial charge in [0.15, 0.2) is 30.4 Å². The lowest BCUT2D eigenvalue weighted by Crippen LogP contribution is -2.55. The summed E-state index contributed by atoms with van der Waals surface area (Å²) < 4.78 is 40.4. The van der Waals surface area contributed by atoms with Gasteiger partial charge in [0.1, 0.15) is 42.2 Å². The minimum absolute atomic E-state index is 0.0661. The van der Waals surface area contributed by atoms with Crippen molar-refractivity contribution in [3.8, 4) is 17.2 Å². The van der Waals surface area contributed by atoms with Gasteiger partial charge in [0, 0.05) is 55.6 Å². The fourth-order valence-corrected chi connectivity index (χ4v) is 7.91. The number of phenolic OH excluding ortho intramolecular Hbond substituents is 2. The molecule has 2 aromatic carbocycles. The molecule has 50 heavy (non-hydrogen) atoms. The Morgan fingerprint density at radius 2 is 1.80 bits per heavy atom. The van der Waals surface area contributed by atoms with Gasteiger partial charge in [-0.05, 0) is 13.0 Å². The number of fused-ring (bicyclic) bond motifs is 6. The molecule has 3 aliphatic heterocycles. The number of benzene rings is 2. The number of Topliss-reactive ketones (excluding diaryl/α,β-unsaturated/α-hetero) is 1. The molecule has 7 rings (SSSR count). The first-order valence-corrected chi connectivity index (χ1v) is 16.2. The molecule has 5 aliphatic rings. The third-order valence-electron chi connectivity index (χ3n) is 10.2. The average molecular weight is 700 g/mol. The molecule has 0 aromatic heterocycles. The summed E-state index contributed by atoms with van der Waals surface area (Å²) in [5, 5.41) is 44.3. The Hall–Kier alpha value is -4.00. The second-order valence-electron chi connectivity index (χ2n) is 13.0. The van der Waals surface area contributed by atoms with Gasteiger partial charge in [0.2, 0.25) is 5.78 Å². The van der Waals surface area contributed by atoms with Crippen molar-refractivity contribution in [1.82, 2.24) is 4.90 Å². The Morgan fingerprint density at radius 3 is 2.52 bits per heavy atom. The third kappa shape index (κ3) is 5.47. The van der Waals surface area contributed by atoms with Gasteiger partial charge < -0.3 is 53.6 Å². The monoisotopic (exact) mass is 699 g/mol. The topological polar surface area (TPSA) is 217 Å². The maximum absolute atomic E-state index is 14.0. The average Bonchev–Trinajstić information content (AvgIpc) is 3.47. The normalized spacial score (nSPS) is 31.6. The number of ether oxygens (including phenoxy) is 7. The smallest absolute Gasteiger partial charge is 0.329 e. The number of phenols is 2. The number of rotatable bonds is 9. The summed E-state index contributed by atoms with van der Waals surface area (Å²) in [4.78, 5) is 54.3. The first kappa shape index (κ1) is 34.4. The molecule has 3 unspecified atom stereocenters. The molecule has 0 saturated carbocycles. The fourth-order valence-electron chi connectivity index (χ4n) is 7.91. The second kappa shape index (κ2) is 13.0. The van der Waals surface area contributed by atoms with Gasteiger partial charge in [-0.1, -0.05) is 12.1 Å². The molecule has 268 valence electrons. The van der Waals surface area contributed by atoms with Crippen LogP contribution in [0.2, 0.25) is 0 Å². The number of aromatic hydroxyl groups is 2. The Labute approximate surface area is 285 Å². The number of carbonyl (C=O) groups is 4. The van der Waals surface area contributed by atoms with Crippen molar-refractivity contribution >= 4 is 23.3 Å². The zero-order valence-electron chi connectivity index (χ0n) is 27.5. The number of morpholine rings is 1. The van der Waals surface area contributed by atoms with Crippen molar-refractivity contribution in [2.45, 2.75) is 74.9 Å². The number of carboxylic acids is 1. The van der Waals surface area contributed by atoms with E-state index in [9.17, 15) is 34.5 Å². The van der Waals surface area contributed by atoms with E-state index in [2.05, 4.69) is 4.90 Å². The molecule has 2 aliphatic carbocycles. The number of hydrogen-bond acceptors (Lipinski definition) is 15. The lowest BCUT2D eigenvalue weighted by Gasteiger charge is -2.43. The molecule has 3 heterocycles.